The number of hydrogen-bond acceptors (Lipinski definition) is 3. The van der Waals surface area contributed by atoms with Crippen LogP contribution < -0.4 is 4.90 Å². The lowest BCUT2D eigenvalue weighted by Crippen LogP contribution is -2.41. The molecule has 1 fully saturated rings. The summed E-state index contributed by atoms with van der Waals surface area (Å²) in [5.74, 6) is 1.25. The maximum absolute atomic E-state index is 4.69. The molecule has 20 heavy (non-hydrogen) atoms. The Kier molecular flexibility index (Phi) is 4.92. The van der Waals surface area contributed by atoms with Gasteiger partial charge in [0.25, 0.3) is 0 Å². The Morgan fingerprint density at radius 2 is 2.00 bits per heavy atom. The molecule has 0 radical (unpaired) electrons. The molecule has 2 aliphatic rings. The second kappa shape index (κ2) is 6.88. The summed E-state index contributed by atoms with van der Waals surface area (Å²) < 4.78 is 0. The Bertz CT molecular complexity index is 447. The van der Waals surface area contributed by atoms with Crippen molar-refractivity contribution >= 4 is 21.7 Å². The lowest BCUT2D eigenvalue weighted by molar-refractivity contribution is 0.448. The zero-order valence-corrected chi connectivity index (χ0v) is 13.7. The SMILES string of the molecule is BrCCC1CCCCN1c1ncnc2c1CCCCC2. The molecule has 1 aromatic rings. The zero-order valence-electron chi connectivity index (χ0n) is 12.2. The first kappa shape index (κ1) is 14.3. The molecule has 0 bridgehead atoms. The van der Waals surface area contributed by atoms with Gasteiger partial charge in [0.15, 0.2) is 0 Å². The van der Waals surface area contributed by atoms with E-state index in [2.05, 4.69) is 30.8 Å². The van der Waals surface area contributed by atoms with Crippen molar-refractivity contribution in [1.29, 1.82) is 0 Å². The van der Waals surface area contributed by atoms with Crippen LogP contribution in [0.15, 0.2) is 6.33 Å². The predicted molar refractivity (Wildman–Crippen MR) is 86.7 cm³/mol. The summed E-state index contributed by atoms with van der Waals surface area (Å²) >= 11 is 3.61. The predicted octanol–water partition coefficient (Wildman–Crippen LogP) is 3.89. The van der Waals surface area contributed by atoms with E-state index in [1.165, 1.54) is 75.0 Å². The molecule has 1 aromatic heterocycles. The van der Waals surface area contributed by atoms with Crippen LogP contribution in [0.2, 0.25) is 0 Å². The van der Waals surface area contributed by atoms with E-state index in [1.54, 1.807) is 6.33 Å². The highest BCUT2D eigenvalue weighted by atomic mass is 79.9. The van der Waals surface area contributed by atoms with Crippen LogP contribution in [0.1, 0.15) is 56.2 Å². The molecule has 1 unspecified atom stereocenters. The number of aryl methyl sites for hydroxylation is 1. The molecule has 0 aromatic carbocycles. The first-order valence-corrected chi connectivity index (χ1v) is 9.17. The standard InChI is InChI=1S/C16H24BrN3/c17-10-9-13-6-4-5-11-20(13)16-14-7-2-1-3-8-15(14)18-12-19-16/h12-13H,1-11H2. The maximum atomic E-state index is 4.69. The zero-order chi connectivity index (χ0) is 13.8. The third-order valence-electron chi connectivity index (χ3n) is 4.69. The van der Waals surface area contributed by atoms with Gasteiger partial charge in [-0.15, -0.1) is 0 Å². The molecule has 0 saturated carbocycles. The molecule has 4 heteroatoms. The Hall–Kier alpha value is -0.640. The van der Waals surface area contributed by atoms with Gasteiger partial charge in [-0.3, -0.25) is 0 Å². The van der Waals surface area contributed by atoms with E-state index in [4.69, 9.17) is 0 Å². The summed E-state index contributed by atoms with van der Waals surface area (Å²) in [6.45, 7) is 1.17. The minimum absolute atomic E-state index is 0.658. The van der Waals surface area contributed by atoms with E-state index in [0.717, 1.165) is 11.8 Å². The summed E-state index contributed by atoms with van der Waals surface area (Å²) in [6.07, 6.45) is 13.2. The fraction of sp³-hybridized carbons (Fsp3) is 0.750. The molecule has 110 valence electrons. The molecule has 0 N–H and O–H groups in total. The van der Waals surface area contributed by atoms with Crippen LogP contribution in [0.5, 0.6) is 0 Å². The average Bonchev–Trinajstić information content (AvgIpc) is 2.73. The fourth-order valence-electron chi connectivity index (χ4n) is 3.63. The molecule has 1 atom stereocenters. The molecule has 3 nitrogen and oxygen atoms in total. The number of nitrogens with zero attached hydrogens (tertiary/aromatic N) is 3. The number of fused-ring (bicyclic) bond motifs is 1. The minimum Gasteiger partial charge on any atom is -0.353 e. The van der Waals surface area contributed by atoms with Gasteiger partial charge in [-0.25, -0.2) is 9.97 Å². The van der Waals surface area contributed by atoms with Gasteiger partial charge < -0.3 is 4.90 Å². The van der Waals surface area contributed by atoms with Crippen molar-refractivity contribution in [3.63, 3.8) is 0 Å². The molecule has 1 aliphatic carbocycles. The number of alkyl halides is 1. The smallest absolute Gasteiger partial charge is 0.135 e. The third-order valence-corrected chi connectivity index (χ3v) is 5.15. The van der Waals surface area contributed by atoms with Crippen LogP contribution in [0.3, 0.4) is 0 Å². The summed E-state index contributed by atoms with van der Waals surface area (Å²) in [5.41, 5.74) is 2.77. The van der Waals surface area contributed by atoms with Gasteiger partial charge >= 0.3 is 0 Å². The van der Waals surface area contributed by atoms with Crippen molar-refractivity contribution in [2.75, 3.05) is 16.8 Å². The number of anilines is 1. The highest BCUT2D eigenvalue weighted by Gasteiger charge is 2.26. The van der Waals surface area contributed by atoms with Crippen molar-refractivity contribution in [2.24, 2.45) is 0 Å². The Labute approximate surface area is 130 Å². The van der Waals surface area contributed by atoms with Crippen molar-refractivity contribution < 1.29 is 0 Å². The van der Waals surface area contributed by atoms with Crippen molar-refractivity contribution in [3.05, 3.63) is 17.6 Å². The Balaban J connectivity index is 1.91. The molecule has 0 spiro atoms. The van der Waals surface area contributed by atoms with Crippen molar-refractivity contribution in [1.82, 2.24) is 9.97 Å². The number of halogens is 1. The van der Waals surface area contributed by atoms with Crippen molar-refractivity contribution in [2.45, 2.75) is 63.8 Å². The van der Waals surface area contributed by atoms with Gasteiger partial charge in [0, 0.05) is 29.2 Å². The third kappa shape index (κ3) is 3.00. The molecule has 2 heterocycles. The van der Waals surface area contributed by atoms with E-state index < -0.39 is 0 Å². The Morgan fingerprint density at radius 1 is 1.10 bits per heavy atom. The van der Waals surface area contributed by atoms with Crippen LogP contribution in [0.25, 0.3) is 0 Å². The molecule has 0 amide bonds. The van der Waals surface area contributed by atoms with E-state index in [9.17, 15) is 0 Å². The topological polar surface area (TPSA) is 29.0 Å². The average molecular weight is 338 g/mol. The van der Waals surface area contributed by atoms with Gasteiger partial charge in [-0.2, -0.15) is 0 Å². The first-order chi connectivity index (χ1) is 9.90. The van der Waals surface area contributed by atoms with Gasteiger partial charge in [0.1, 0.15) is 12.1 Å². The number of piperidine rings is 1. The second-order valence-electron chi connectivity index (χ2n) is 6.00. The van der Waals surface area contributed by atoms with Crippen molar-refractivity contribution in [3.8, 4) is 0 Å². The largest absolute Gasteiger partial charge is 0.353 e. The highest BCUT2D eigenvalue weighted by molar-refractivity contribution is 9.09. The normalized spacial score (nSPS) is 23.2. The van der Waals surface area contributed by atoms with Crippen LogP contribution in [-0.4, -0.2) is 27.9 Å². The van der Waals surface area contributed by atoms with Crippen LogP contribution in [0.4, 0.5) is 5.82 Å². The minimum atomic E-state index is 0.658. The maximum Gasteiger partial charge on any atom is 0.135 e. The lowest BCUT2D eigenvalue weighted by Gasteiger charge is -2.37. The monoisotopic (exact) mass is 337 g/mol. The first-order valence-electron chi connectivity index (χ1n) is 8.05. The summed E-state index contributed by atoms with van der Waals surface area (Å²) in [5, 5.41) is 1.08. The van der Waals surface area contributed by atoms with E-state index in [-0.39, 0.29) is 0 Å². The second-order valence-corrected chi connectivity index (χ2v) is 6.80. The Morgan fingerprint density at radius 3 is 2.90 bits per heavy atom. The van der Waals surface area contributed by atoms with Gasteiger partial charge in [0.2, 0.25) is 0 Å². The van der Waals surface area contributed by atoms with E-state index in [1.807, 2.05) is 0 Å². The van der Waals surface area contributed by atoms with E-state index in [0.29, 0.717) is 6.04 Å². The van der Waals surface area contributed by atoms with Gasteiger partial charge in [-0.05, 0) is 51.4 Å². The highest BCUT2D eigenvalue weighted by Crippen LogP contribution is 2.31. The number of hydrogen-bond donors (Lipinski definition) is 0. The molecular weight excluding hydrogens is 314 g/mol. The van der Waals surface area contributed by atoms with E-state index >= 15 is 0 Å². The number of aromatic nitrogens is 2. The molecule has 3 rings (SSSR count). The summed E-state index contributed by atoms with van der Waals surface area (Å²) in [7, 11) is 0. The molecular formula is C16H24BrN3. The quantitative estimate of drug-likeness (QED) is 0.618. The van der Waals surface area contributed by atoms with Gasteiger partial charge in [-0.1, -0.05) is 22.4 Å². The van der Waals surface area contributed by atoms with Crippen LogP contribution in [-0.2, 0) is 12.8 Å². The molecule has 1 aliphatic heterocycles. The van der Waals surface area contributed by atoms with Gasteiger partial charge in [0.05, 0.1) is 0 Å². The number of rotatable bonds is 3. The van der Waals surface area contributed by atoms with Crippen LogP contribution in [0, 0.1) is 0 Å². The fourth-order valence-corrected chi connectivity index (χ4v) is 4.16. The summed E-state index contributed by atoms with van der Waals surface area (Å²) in [4.78, 5) is 11.8. The lowest BCUT2D eigenvalue weighted by atomic mass is 9.98. The molecule has 1 saturated heterocycles. The van der Waals surface area contributed by atoms with Crippen LogP contribution >= 0.6 is 15.9 Å². The summed E-state index contributed by atoms with van der Waals surface area (Å²) in [6, 6.07) is 0.658.